The van der Waals surface area contributed by atoms with Crippen LogP contribution < -0.4 is 5.73 Å². The minimum Gasteiger partial charge on any atom is -0.381 e. The lowest BCUT2D eigenvalue weighted by atomic mass is 10.0. The average Bonchev–Trinajstić information content (AvgIpc) is 2.81. The van der Waals surface area contributed by atoms with Gasteiger partial charge < -0.3 is 10.5 Å². The zero-order chi connectivity index (χ0) is 12.3. The van der Waals surface area contributed by atoms with Crippen LogP contribution in [0.1, 0.15) is 41.5 Å². The number of ether oxygens (including phenoxy) is 1. The van der Waals surface area contributed by atoms with Crippen LogP contribution in [0.5, 0.6) is 0 Å². The fourth-order valence-electron chi connectivity index (χ4n) is 2.33. The molecule has 1 saturated heterocycles. The molecule has 17 heavy (non-hydrogen) atoms. The van der Waals surface area contributed by atoms with Crippen molar-refractivity contribution in [3.8, 4) is 0 Å². The zero-order valence-corrected chi connectivity index (χ0v) is 10.7. The van der Waals surface area contributed by atoms with Crippen molar-refractivity contribution in [2.75, 3.05) is 19.8 Å². The van der Waals surface area contributed by atoms with Crippen molar-refractivity contribution in [2.45, 2.75) is 39.0 Å². The van der Waals surface area contributed by atoms with E-state index in [2.05, 4.69) is 23.8 Å². The maximum Gasteiger partial charge on any atom is 0.134 e. The van der Waals surface area contributed by atoms with Gasteiger partial charge in [0.25, 0.3) is 0 Å². The molecule has 2 heterocycles. The maximum absolute atomic E-state index is 5.55. The van der Waals surface area contributed by atoms with Gasteiger partial charge in [0, 0.05) is 23.9 Å². The number of hydrogen-bond acceptors (Lipinski definition) is 4. The van der Waals surface area contributed by atoms with Crippen LogP contribution in [0.15, 0.2) is 0 Å². The monoisotopic (exact) mass is 235 g/mol. The number of aromatic nitrogens is 2. The summed E-state index contributed by atoms with van der Waals surface area (Å²) in [7, 11) is 0. The van der Waals surface area contributed by atoms with Crippen molar-refractivity contribution in [2.24, 2.45) is 5.73 Å². The van der Waals surface area contributed by atoms with Crippen LogP contribution in [-0.4, -0.2) is 29.7 Å². The van der Waals surface area contributed by atoms with E-state index in [4.69, 9.17) is 10.5 Å². The Hall–Kier alpha value is -1.00. The lowest BCUT2D eigenvalue weighted by Gasteiger charge is -2.13. The summed E-state index contributed by atoms with van der Waals surface area (Å²) in [6.45, 7) is 6.46. The third-order valence-corrected chi connectivity index (χ3v) is 3.36. The first kappa shape index (κ1) is 12.5. The Morgan fingerprint density at radius 2 is 2.00 bits per heavy atom. The van der Waals surface area contributed by atoms with Gasteiger partial charge >= 0.3 is 0 Å². The summed E-state index contributed by atoms with van der Waals surface area (Å²) in [5, 5.41) is 0. The first-order valence-corrected chi connectivity index (χ1v) is 6.34. The molecule has 0 spiro atoms. The van der Waals surface area contributed by atoms with E-state index >= 15 is 0 Å². The van der Waals surface area contributed by atoms with E-state index in [0.717, 1.165) is 56.2 Å². The molecule has 1 unspecified atom stereocenters. The van der Waals surface area contributed by atoms with Gasteiger partial charge in [0.15, 0.2) is 0 Å². The Morgan fingerprint density at radius 3 is 2.53 bits per heavy atom. The first-order valence-electron chi connectivity index (χ1n) is 6.34. The van der Waals surface area contributed by atoms with Gasteiger partial charge in [0.2, 0.25) is 0 Å². The fraction of sp³-hybridized carbons (Fsp3) is 0.692. The lowest BCUT2D eigenvalue weighted by Crippen LogP contribution is -2.11. The van der Waals surface area contributed by atoms with Crippen molar-refractivity contribution in [1.82, 2.24) is 9.97 Å². The van der Waals surface area contributed by atoms with E-state index in [1.165, 1.54) is 5.56 Å². The van der Waals surface area contributed by atoms with E-state index in [0.29, 0.717) is 5.92 Å². The highest BCUT2D eigenvalue weighted by molar-refractivity contribution is 5.25. The van der Waals surface area contributed by atoms with Crippen LogP contribution in [0.2, 0.25) is 0 Å². The molecule has 94 valence electrons. The summed E-state index contributed by atoms with van der Waals surface area (Å²) in [6.07, 6.45) is 3.02. The lowest BCUT2D eigenvalue weighted by molar-refractivity contribution is 0.193. The molecule has 1 aromatic heterocycles. The van der Waals surface area contributed by atoms with Gasteiger partial charge in [0.1, 0.15) is 5.82 Å². The van der Waals surface area contributed by atoms with E-state index in [1.807, 2.05) is 0 Å². The highest BCUT2D eigenvalue weighted by Crippen LogP contribution is 2.24. The Labute approximate surface area is 103 Å². The third-order valence-electron chi connectivity index (χ3n) is 3.36. The van der Waals surface area contributed by atoms with Gasteiger partial charge in [-0.05, 0) is 45.2 Å². The van der Waals surface area contributed by atoms with Gasteiger partial charge in [-0.25, -0.2) is 9.97 Å². The van der Waals surface area contributed by atoms with E-state index < -0.39 is 0 Å². The van der Waals surface area contributed by atoms with Crippen molar-refractivity contribution in [1.29, 1.82) is 0 Å². The molecule has 0 aromatic carbocycles. The molecule has 2 N–H and O–H groups in total. The van der Waals surface area contributed by atoms with Crippen molar-refractivity contribution < 1.29 is 4.74 Å². The van der Waals surface area contributed by atoms with Gasteiger partial charge in [-0.3, -0.25) is 0 Å². The summed E-state index contributed by atoms with van der Waals surface area (Å²) in [6, 6.07) is 0. The molecule has 0 amide bonds. The largest absolute Gasteiger partial charge is 0.381 e. The van der Waals surface area contributed by atoms with E-state index in [-0.39, 0.29) is 0 Å². The summed E-state index contributed by atoms with van der Waals surface area (Å²) < 4.78 is 5.39. The molecular formula is C13H21N3O. The molecule has 4 nitrogen and oxygen atoms in total. The minimum absolute atomic E-state index is 0.385. The first-order chi connectivity index (χ1) is 8.22. The van der Waals surface area contributed by atoms with Crippen LogP contribution in [0.3, 0.4) is 0 Å². The predicted molar refractivity (Wildman–Crippen MR) is 67.1 cm³/mol. The van der Waals surface area contributed by atoms with Crippen molar-refractivity contribution >= 4 is 0 Å². The molecule has 1 aromatic rings. The van der Waals surface area contributed by atoms with Gasteiger partial charge in [-0.15, -0.1) is 0 Å². The topological polar surface area (TPSA) is 61.0 Å². The summed E-state index contributed by atoms with van der Waals surface area (Å²) in [5.41, 5.74) is 9.02. The summed E-state index contributed by atoms with van der Waals surface area (Å²) in [5.74, 6) is 1.34. The molecule has 4 heteroatoms. The van der Waals surface area contributed by atoms with Crippen molar-refractivity contribution in [3.63, 3.8) is 0 Å². The molecule has 2 rings (SSSR count). The van der Waals surface area contributed by atoms with Crippen molar-refractivity contribution in [3.05, 3.63) is 22.8 Å². The molecule has 0 aliphatic carbocycles. The van der Waals surface area contributed by atoms with Gasteiger partial charge in [-0.1, -0.05) is 0 Å². The average molecular weight is 235 g/mol. The number of nitrogens with zero attached hydrogens (tertiary/aromatic N) is 2. The highest BCUT2D eigenvalue weighted by Gasteiger charge is 2.21. The van der Waals surface area contributed by atoms with E-state index in [9.17, 15) is 0 Å². The third kappa shape index (κ3) is 2.82. The fourth-order valence-corrected chi connectivity index (χ4v) is 2.33. The molecule has 1 aliphatic heterocycles. The maximum atomic E-state index is 5.55. The molecule has 1 fully saturated rings. The second-order valence-electron chi connectivity index (χ2n) is 4.68. The van der Waals surface area contributed by atoms with Gasteiger partial charge in [0.05, 0.1) is 6.61 Å². The Bertz CT molecular complexity index is 363. The van der Waals surface area contributed by atoms with Gasteiger partial charge in [-0.2, -0.15) is 0 Å². The molecule has 1 atom stereocenters. The number of hydrogen-bond donors (Lipinski definition) is 1. The smallest absolute Gasteiger partial charge is 0.134 e. The minimum atomic E-state index is 0.385. The summed E-state index contributed by atoms with van der Waals surface area (Å²) >= 11 is 0. The Morgan fingerprint density at radius 1 is 1.29 bits per heavy atom. The van der Waals surface area contributed by atoms with E-state index in [1.54, 1.807) is 0 Å². The number of aryl methyl sites for hydroxylation is 2. The quantitative estimate of drug-likeness (QED) is 0.859. The molecule has 0 saturated carbocycles. The summed E-state index contributed by atoms with van der Waals surface area (Å²) in [4.78, 5) is 9.27. The molecular weight excluding hydrogens is 214 g/mol. The number of nitrogens with two attached hydrogens (primary N) is 1. The van der Waals surface area contributed by atoms with Crippen LogP contribution in [0.25, 0.3) is 0 Å². The van der Waals surface area contributed by atoms with Crippen LogP contribution in [-0.2, 0) is 11.2 Å². The zero-order valence-electron chi connectivity index (χ0n) is 10.7. The number of rotatable bonds is 4. The van der Waals surface area contributed by atoms with Crippen LogP contribution >= 0.6 is 0 Å². The SMILES string of the molecule is Cc1nc(C2CCOC2)nc(C)c1CCCN. The normalized spacial score (nSPS) is 19.8. The molecule has 1 aliphatic rings. The second kappa shape index (κ2) is 5.56. The highest BCUT2D eigenvalue weighted by atomic mass is 16.5. The standard InChI is InChI=1S/C13H21N3O/c1-9-12(4-3-6-14)10(2)16-13(15-9)11-5-7-17-8-11/h11H,3-8,14H2,1-2H3. The Kier molecular flexibility index (Phi) is 4.07. The Balaban J connectivity index is 2.21. The molecule has 0 radical (unpaired) electrons. The van der Waals surface area contributed by atoms with Crippen LogP contribution in [0, 0.1) is 13.8 Å². The second-order valence-corrected chi connectivity index (χ2v) is 4.68. The predicted octanol–water partition coefficient (Wildman–Crippen LogP) is 1.49. The molecule has 0 bridgehead atoms. The van der Waals surface area contributed by atoms with Crippen LogP contribution in [0.4, 0.5) is 0 Å².